The van der Waals surface area contributed by atoms with Gasteiger partial charge in [0.15, 0.2) is 0 Å². The van der Waals surface area contributed by atoms with Crippen molar-refractivity contribution in [3.63, 3.8) is 0 Å². The summed E-state index contributed by atoms with van der Waals surface area (Å²) in [6.45, 7) is 0.0974. The predicted molar refractivity (Wildman–Crippen MR) is 44.0 cm³/mol. The van der Waals surface area contributed by atoms with E-state index in [9.17, 15) is 0 Å². The molecule has 1 aliphatic rings. The maximum absolute atomic E-state index is 8.69. The third-order valence-corrected chi connectivity index (χ3v) is 2.93. The van der Waals surface area contributed by atoms with E-state index in [2.05, 4.69) is 0 Å². The van der Waals surface area contributed by atoms with E-state index in [-0.39, 0.29) is 18.8 Å². The van der Waals surface area contributed by atoms with Gasteiger partial charge in [0.05, 0.1) is 10.9 Å². The van der Waals surface area contributed by atoms with E-state index in [1.54, 1.807) is 0 Å². The number of epoxide rings is 1. The molecule has 1 aromatic rings. The third-order valence-electron chi connectivity index (χ3n) is 1.64. The lowest BCUT2D eigenvalue weighted by Gasteiger charge is -1.84. The Balaban J connectivity index is 2.08. The fourth-order valence-corrected chi connectivity index (χ4v) is 2.16. The average Bonchev–Trinajstić information content (AvgIpc) is 2.68. The quantitative estimate of drug-likeness (QED) is 0.722. The molecular weight excluding hydrogens is 184 g/mol. The van der Waals surface area contributed by atoms with Crippen LogP contribution in [0.2, 0.25) is 4.34 Å². The minimum Gasteiger partial charge on any atom is -0.394 e. The number of aliphatic hydroxyl groups is 1. The first-order chi connectivity index (χ1) is 5.31. The molecule has 2 nitrogen and oxygen atoms in total. The van der Waals surface area contributed by atoms with Crippen molar-refractivity contribution in [1.29, 1.82) is 0 Å². The summed E-state index contributed by atoms with van der Waals surface area (Å²) < 4.78 is 5.94. The number of halogens is 1. The molecule has 1 saturated heterocycles. The van der Waals surface area contributed by atoms with Crippen LogP contribution in [0, 0.1) is 0 Å². The SMILES string of the molecule is OCC1OC1c1ccc(Cl)s1. The molecule has 60 valence electrons. The van der Waals surface area contributed by atoms with Gasteiger partial charge in [0.2, 0.25) is 0 Å². The molecule has 1 fully saturated rings. The Kier molecular flexibility index (Phi) is 1.89. The number of thiophene rings is 1. The topological polar surface area (TPSA) is 32.8 Å². The van der Waals surface area contributed by atoms with Crippen LogP contribution in [0.4, 0.5) is 0 Å². The maximum atomic E-state index is 8.69. The zero-order valence-electron chi connectivity index (χ0n) is 5.66. The lowest BCUT2D eigenvalue weighted by atomic mass is 10.3. The van der Waals surface area contributed by atoms with Gasteiger partial charge >= 0.3 is 0 Å². The Labute approximate surface area is 73.4 Å². The summed E-state index contributed by atoms with van der Waals surface area (Å²) in [6.07, 6.45) is 0.0993. The predicted octanol–water partition coefficient (Wildman–Crippen LogP) is 1.83. The summed E-state index contributed by atoms with van der Waals surface area (Å²) in [5.74, 6) is 0. The summed E-state index contributed by atoms with van der Waals surface area (Å²) >= 11 is 7.23. The smallest absolute Gasteiger partial charge is 0.121 e. The lowest BCUT2D eigenvalue weighted by molar-refractivity contribution is 0.242. The summed E-state index contributed by atoms with van der Waals surface area (Å²) in [5, 5.41) is 8.69. The van der Waals surface area contributed by atoms with Gasteiger partial charge in [-0.25, -0.2) is 0 Å². The van der Waals surface area contributed by atoms with Crippen LogP contribution in [0.5, 0.6) is 0 Å². The van der Waals surface area contributed by atoms with Crippen molar-refractivity contribution >= 4 is 22.9 Å². The van der Waals surface area contributed by atoms with Crippen LogP contribution in [-0.4, -0.2) is 17.8 Å². The lowest BCUT2D eigenvalue weighted by Crippen LogP contribution is -1.92. The van der Waals surface area contributed by atoms with Gasteiger partial charge in [-0.2, -0.15) is 0 Å². The highest BCUT2D eigenvalue weighted by molar-refractivity contribution is 7.16. The van der Waals surface area contributed by atoms with E-state index in [1.165, 1.54) is 11.3 Å². The van der Waals surface area contributed by atoms with Crippen LogP contribution in [0.15, 0.2) is 12.1 Å². The molecule has 2 atom stereocenters. The molecule has 11 heavy (non-hydrogen) atoms. The van der Waals surface area contributed by atoms with Gasteiger partial charge in [0.25, 0.3) is 0 Å². The van der Waals surface area contributed by atoms with Crippen molar-refractivity contribution in [2.24, 2.45) is 0 Å². The van der Waals surface area contributed by atoms with Gasteiger partial charge in [0.1, 0.15) is 12.2 Å². The van der Waals surface area contributed by atoms with Crippen molar-refractivity contribution in [1.82, 2.24) is 0 Å². The van der Waals surface area contributed by atoms with E-state index >= 15 is 0 Å². The Morgan fingerprint density at radius 3 is 2.91 bits per heavy atom. The largest absolute Gasteiger partial charge is 0.394 e. The third kappa shape index (κ3) is 1.42. The molecule has 2 unspecified atom stereocenters. The van der Waals surface area contributed by atoms with Gasteiger partial charge in [-0.15, -0.1) is 11.3 Å². The Hall–Kier alpha value is -0.0900. The molecule has 1 aliphatic heterocycles. The molecule has 2 rings (SSSR count). The minimum absolute atomic E-state index is 0.00437. The molecule has 0 aromatic carbocycles. The molecule has 2 heterocycles. The molecule has 0 radical (unpaired) electrons. The molecule has 0 spiro atoms. The van der Waals surface area contributed by atoms with Crippen LogP contribution in [0.25, 0.3) is 0 Å². The van der Waals surface area contributed by atoms with Crippen LogP contribution < -0.4 is 0 Å². The van der Waals surface area contributed by atoms with E-state index in [0.717, 1.165) is 9.21 Å². The van der Waals surface area contributed by atoms with Crippen molar-refractivity contribution in [3.05, 3.63) is 21.3 Å². The standard InChI is InChI=1S/C7H7ClO2S/c8-6-2-1-5(11-6)7-4(3-9)10-7/h1-2,4,7,9H,3H2. The maximum Gasteiger partial charge on any atom is 0.121 e. The normalized spacial score (nSPS) is 28.9. The van der Waals surface area contributed by atoms with Gasteiger partial charge in [-0.1, -0.05) is 11.6 Å². The zero-order valence-corrected chi connectivity index (χ0v) is 7.23. The fraction of sp³-hybridized carbons (Fsp3) is 0.429. The number of hydrogen-bond acceptors (Lipinski definition) is 3. The van der Waals surface area contributed by atoms with Crippen molar-refractivity contribution < 1.29 is 9.84 Å². The van der Waals surface area contributed by atoms with Crippen molar-refractivity contribution in [3.8, 4) is 0 Å². The molecule has 0 saturated carbocycles. The van der Waals surface area contributed by atoms with Crippen LogP contribution in [0.3, 0.4) is 0 Å². The second kappa shape index (κ2) is 2.75. The second-order valence-electron chi connectivity index (χ2n) is 2.42. The highest BCUT2D eigenvalue weighted by atomic mass is 35.5. The Morgan fingerprint density at radius 2 is 2.45 bits per heavy atom. The molecule has 1 aromatic heterocycles. The summed E-state index contributed by atoms with van der Waals surface area (Å²) in [4.78, 5) is 1.11. The Morgan fingerprint density at radius 1 is 1.64 bits per heavy atom. The molecular formula is C7H7ClO2S. The van der Waals surface area contributed by atoms with Gasteiger partial charge < -0.3 is 9.84 Å². The molecule has 4 heteroatoms. The van der Waals surface area contributed by atoms with Crippen LogP contribution in [0.1, 0.15) is 11.0 Å². The van der Waals surface area contributed by atoms with E-state index in [1.807, 2.05) is 12.1 Å². The number of hydrogen-bond donors (Lipinski definition) is 1. The number of ether oxygens (including phenoxy) is 1. The highest BCUT2D eigenvalue weighted by Gasteiger charge is 2.40. The number of rotatable bonds is 2. The average molecular weight is 191 g/mol. The first kappa shape index (κ1) is 7.55. The Bertz CT molecular complexity index is 261. The van der Waals surface area contributed by atoms with Gasteiger partial charge in [0, 0.05) is 4.88 Å². The van der Waals surface area contributed by atoms with Gasteiger partial charge in [-0.3, -0.25) is 0 Å². The van der Waals surface area contributed by atoms with E-state index in [0.29, 0.717) is 0 Å². The fourth-order valence-electron chi connectivity index (χ4n) is 1.01. The van der Waals surface area contributed by atoms with Crippen LogP contribution in [-0.2, 0) is 4.74 Å². The summed E-state index contributed by atoms with van der Waals surface area (Å²) in [6, 6.07) is 3.78. The first-order valence-corrected chi connectivity index (χ1v) is 4.52. The molecule has 0 aliphatic carbocycles. The molecule has 1 N–H and O–H groups in total. The summed E-state index contributed by atoms with van der Waals surface area (Å²) in [7, 11) is 0. The van der Waals surface area contributed by atoms with E-state index in [4.69, 9.17) is 21.4 Å². The van der Waals surface area contributed by atoms with Crippen molar-refractivity contribution in [2.75, 3.05) is 6.61 Å². The number of aliphatic hydroxyl groups excluding tert-OH is 1. The monoisotopic (exact) mass is 190 g/mol. The van der Waals surface area contributed by atoms with E-state index < -0.39 is 0 Å². The minimum atomic E-state index is 0.00437. The molecule has 0 amide bonds. The van der Waals surface area contributed by atoms with Crippen molar-refractivity contribution in [2.45, 2.75) is 12.2 Å². The highest BCUT2D eigenvalue weighted by Crippen LogP contribution is 2.42. The second-order valence-corrected chi connectivity index (χ2v) is 4.17. The summed E-state index contributed by atoms with van der Waals surface area (Å²) in [5.41, 5.74) is 0. The molecule has 0 bridgehead atoms. The van der Waals surface area contributed by atoms with Crippen LogP contribution >= 0.6 is 22.9 Å². The zero-order chi connectivity index (χ0) is 7.84. The van der Waals surface area contributed by atoms with Gasteiger partial charge in [-0.05, 0) is 12.1 Å². The first-order valence-electron chi connectivity index (χ1n) is 3.33.